The third-order valence-electron chi connectivity index (χ3n) is 2.69. The highest BCUT2D eigenvalue weighted by atomic mass is 79.9. The van der Waals surface area contributed by atoms with E-state index in [4.69, 9.17) is 5.73 Å². The Morgan fingerprint density at radius 3 is 2.87 bits per heavy atom. The molecule has 15 heavy (non-hydrogen) atoms. The van der Waals surface area contributed by atoms with Crippen LogP contribution in [0.25, 0.3) is 0 Å². The van der Waals surface area contributed by atoms with Crippen LogP contribution in [0.3, 0.4) is 0 Å². The summed E-state index contributed by atoms with van der Waals surface area (Å²) >= 11 is 3.31. The third kappa shape index (κ3) is 2.03. The third-order valence-corrected chi connectivity index (χ3v) is 3.33. The monoisotopic (exact) mass is 269 g/mol. The Bertz CT molecular complexity index is 390. The molecule has 1 saturated carbocycles. The first-order valence-electron chi connectivity index (χ1n) is 4.83. The molecule has 0 radical (unpaired) electrons. The lowest BCUT2D eigenvalue weighted by atomic mass is 9.77. The summed E-state index contributed by atoms with van der Waals surface area (Å²) in [6.45, 7) is 0. The maximum atomic E-state index is 11.8. The Balaban J connectivity index is 2.09. The predicted octanol–water partition coefficient (Wildman–Crippen LogP) is 1.66. The summed E-state index contributed by atoms with van der Waals surface area (Å²) in [6, 6.07) is 3.62. The fourth-order valence-electron chi connectivity index (χ4n) is 1.49. The molecule has 1 amide bonds. The summed E-state index contributed by atoms with van der Waals surface area (Å²) in [6.07, 6.45) is 4.16. The number of halogens is 1. The maximum absolute atomic E-state index is 11.8. The number of amides is 1. The lowest BCUT2D eigenvalue weighted by Gasteiger charge is -2.36. The van der Waals surface area contributed by atoms with E-state index in [1.54, 1.807) is 12.3 Å². The first kappa shape index (κ1) is 10.6. The van der Waals surface area contributed by atoms with Gasteiger partial charge in [-0.2, -0.15) is 0 Å². The molecule has 0 aliphatic heterocycles. The van der Waals surface area contributed by atoms with Gasteiger partial charge in [0.1, 0.15) is 5.82 Å². The second-order valence-electron chi connectivity index (χ2n) is 3.80. The highest BCUT2D eigenvalue weighted by molar-refractivity contribution is 9.10. The number of carbonyl (C=O) groups excluding carboxylic acids is 1. The zero-order chi connectivity index (χ0) is 10.9. The van der Waals surface area contributed by atoms with Crippen molar-refractivity contribution in [2.75, 3.05) is 5.32 Å². The number of aromatic nitrogens is 1. The minimum absolute atomic E-state index is 0.145. The number of rotatable bonds is 2. The van der Waals surface area contributed by atoms with E-state index in [0.29, 0.717) is 5.82 Å². The van der Waals surface area contributed by atoms with Gasteiger partial charge in [-0.15, -0.1) is 0 Å². The normalized spacial score (nSPS) is 18.0. The van der Waals surface area contributed by atoms with E-state index in [1.807, 2.05) is 6.07 Å². The molecule has 0 atom stereocenters. The van der Waals surface area contributed by atoms with Crippen LogP contribution in [0.15, 0.2) is 22.8 Å². The lowest BCUT2D eigenvalue weighted by Crippen LogP contribution is -2.56. The second-order valence-corrected chi connectivity index (χ2v) is 4.65. The number of hydrogen-bond donors (Lipinski definition) is 2. The molecule has 1 aliphatic rings. The Kier molecular flexibility index (Phi) is 2.75. The number of nitrogens with zero attached hydrogens (tertiary/aromatic N) is 1. The van der Waals surface area contributed by atoms with Crippen molar-refractivity contribution in [1.29, 1.82) is 0 Å². The van der Waals surface area contributed by atoms with Gasteiger partial charge < -0.3 is 11.1 Å². The van der Waals surface area contributed by atoms with Crippen molar-refractivity contribution in [3.63, 3.8) is 0 Å². The summed E-state index contributed by atoms with van der Waals surface area (Å²) in [7, 11) is 0. The van der Waals surface area contributed by atoms with Crippen LogP contribution in [0, 0.1) is 0 Å². The lowest BCUT2D eigenvalue weighted by molar-refractivity contribution is -0.123. The van der Waals surface area contributed by atoms with E-state index in [1.165, 1.54) is 0 Å². The van der Waals surface area contributed by atoms with Gasteiger partial charge in [-0.05, 0) is 47.3 Å². The molecule has 1 aliphatic carbocycles. The van der Waals surface area contributed by atoms with Crippen molar-refractivity contribution in [3.8, 4) is 0 Å². The van der Waals surface area contributed by atoms with Gasteiger partial charge in [-0.25, -0.2) is 4.98 Å². The van der Waals surface area contributed by atoms with Gasteiger partial charge in [-0.1, -0.05) is 0 Å². The maximum Gasteiger partial charge on any atom is 0.245 e. The fraction of sp³-hybridized carbons (Fsp3) is 0.400. The number of nitrogens with two attached hydrogens (primary N) is 1. The zero-order valence-electron chi connectivity index (χ0n) is 8.16. The minimum Gasteiger partial charge on any atom is -0.317 e. The molecule has 1 aromatic rings. The number of anilines is 1. The average Bonchev–Trinajstić information content (AvgIpc) is 2.18. The highest BCUT2D eigenvalue weighted by Gasteiger charge is 2.40. The summed E-state index contributed by atoms with van der Waals surface area (Å²) < 4.78 is 0.765. The average molecular weight is 270 g/mol. The SMILES string of the molecule is NC1(C(=O)Nc2ncccc2Br)CCC1. The van der Waals surface area contributed by atoms with Crippen LogP contribution in [0.4, 0.5) is 5.82 Å². The zero-order valence-corrected chi connectivity index (χ0v) is 9.75. The first-order valence-corrected chi connectivity index (χ1v) is 5.62. The number of nitrogens with one attached hydrogen (secondary N) is 1. The van der Waals surface area contributed by atoms with E-state index in [-0.39, 0.29) is 5.91 Å². The minimum atomic E-state index is -0.684. The summed E-state index contributed by atoms with van der Waals surface area (Å²) in [5, 5.41) is 2.73. The van der Waals surface area contributed by atoms with Gasteiger partial charge >= 0.3 is 0 Å². The Morgan fingerprint density at radius 2 is 2.33 bits per heavy atom. The summed E-state index contributed by atoms with van der Waals surface area (Å²) in [5.74, 6) is 0.382. The van der Waals surface area contributed by atoms with E-state index in [9.17, 15) is 4.79 Å². The van der Waals surface area contributed by atoms with Gasteiger partial charge in [0.2, 0.25) is 5.91 Å². The van der Waals surface area contributed by atoms with Gasteiger partial charge in [0.25, 0.3) is 0 Å². The predicted molar refractivity (Wildman–Crippen MR) is 61.3 cm³/mol. The molecule has 1 heterocycles. The van der Waals surface area contributed by atoms with Crippen molar-refractivity contribution in [1.82, 2.24) is 4.98 Å². The van der Waals surface area contributed by atoms with Crippen molar-refractivity contribution in [2.24, 2.45) is 5.73 Å². The van der Waals surface area contributed by atoms with Gasteiger partial charge in [0.15, 0.2) is 0 Å². The molecular formula is C10H12BrN3O. The molecule has 2 rings (SSSR count). The molecule has 0 spiro atoms. The molecule has 4 nitrogen and oxygen atoms in total. The molecule has 0 saturated heterocycles. The van der Waals surface area contributed by atoms with Crippen molar-refractivity contribution >= 4 is 27.7 Å². The number of carbonyl (C=O) groups is 1. The van der Waals surface area contributed by atoms with Crippen LogP contribution in [0.2, 0.25) is 0 Å². The van der Waals surface area contributed by atoms with Crippen LogP contribution >= 0.6 is 15.9 Å². The quantitative estimate of drug-likeness (QED) is 0.858. The van der Waals surface area contributed by atoms with Gasteiger partial charge in [0, 0.05) is 6.20 Å². The van der Waals surface area contributed by atoms with Crippen LogP contribution in [-0.4, -0.2) is 16.4 Å². The molecule has 1 fully saturated rings. The van der Waals surface area contributed by atoms with Crippen molar-refractivity contribution in [2.45, 2.75) is 24.8 Å². The standard InChI is InChI=1S/C10H12BrN3O/c11-7-3-1-6-13-8(7)14-9(15)10(12)4-2-5-10/h1,3,6H,2,4-5,12H2,(H,13,14,15). The topological polar surface area (TPSA) is 68.0 Å². The Morgan fingerprint density at radius 1 is 1.60 bits per heavy atom. The van der Waals surface area contributed by atoms with E-state index < -0.39 is 5.54 Å². The summed E-state index contributed by atoms with van der Waals surface area (Å²) in [5.41, 5.74) is 5.21. The molecule has 0 unspecified atom stereocenters. The number of pyridine rings is 1. The highest BCUT2D eigenvalue weighted by Crippen LogP contribution is 2.30. The second kappa shape index (κ2) is 3.90. The first-order chi connectivity index (χ1) is 7.12. The Hall–Kier alpha value is -0.940. The van der Waals surface area contributed by atoms with Gasteiger partial charge in [0.05, 0.1) is 10.0 Å². The van der Waals surface area contributed by atoms with Crippen LogP contribution in [-0.2, 0) is 4.79 Å². The van der Waals surface area contributed by atoms with E-state index >= 15 is 0 Å². The molecule has 3 N–H and O–H groups in total. The van der Waals surface area contributed by atoms with E-state index in [2.05, 4.69) is 26.2 Å². The fourth-order valence-corrected chi connectivity index (χ4v) is 1.85. The molecular weight excluding hydrogens is 258 g/mol. The summed E-state index contributed by atoms with van der Waals surface area (Å²) in [4.78, 5) is 15.8. The smallest absolute Gasteiger partial charge is 0.245 e. The van der Waals surface area contributed by atoms with Crippen LogP contribution < -0.4 is 11.1 Å². The molecule has 0 bridgehead atoms. The largest absolute Gasteiger partial charge is 0.317 e. The molecule has 1 aromatic heterocycles. The van der Waals surface area contributed by atoms with Crippen molar-refractivity contribution < 1.29 is 4.79 Å². The molecule has 80 valence electrons. The van der Waals surface area contributed by atoms with Crippen LogP contribution in [0.1, 0.15) is 19.3 Å². The van der Waals surface area contributed by atoms with Gasteiger partial charge in [-0.3, -0.25) is 4.79 Å². The van der Waals surface area contributed by atoms with Crippen LogP contribution in [0.5, 0.6) is 0 Å². The Labute approximate surface area is 96.4 Å². The molecule has 5 heteroatoms. The number of hydrogen-bond acceptors (Lipinski definition) is 3. The van der Waals surface area contributed by atoms with Crippen molar-refractivity contribution in [3.05, 3.63) is 22.8 Å². The molecule has 0 aromatic carbocycles. The van der Waals surface area contributed by atoms with E-state index in [0.717, 1.165) is 23.7 Å².